The Morgan fingerprint density at radius 3 is 2.86 bits per heavy atom. The van der Waals surface area contributed by atoms with Crippen molar-refractivity contribution < 1.29 is 14.3 Å². The van der Waals surface area contributed by atoms with Crippen LogP contribution in [0.25, 0.3) is 0 Å². The molecular formula is C21H24N4O4. The molecule has 4 atom stereocenters. The molecule has 0 saturated heterocycles. The first kappa shape index (κ1) is 19.2. The lowest BCUT2D eigenvalue weighted by Crippen LogP contribution is -2.48. The molecule has 2 bridgehead atoms. The minimum atomic E-state index is -0.341. The molecule has 1 aromatic carbocycles. The Balaban J connectivity index is 1.42. The van der Waals surface area contributed by atoms with E-state index in [1.54, 1.807) is 18.3 Å². The highest BCUT2D eigenvalue weighted by Crippen LogP contribution is 2.48. The zero-order valence-corrected chi connectivity index (χ0v) is 16.2. The average Bonchev–Trinajstić information content (AvgIpc) is 3.31. The molecule has 0 unspecified atom stereocenters. The van der Waals surface area contributed by atoms with E-state index in [0.29, 0.717) is 24.1 Å². The van der Waals surface area contributed by atoms with E-state index in [2.05, 4.69) is 15.6 Å². The van der Waals surface area contributed by atoms with Crippen LogP contribution in [0.1, 0.15) is 24.8 Å². The Morgan fingerprint density at radius 1 is 1.24 bits per heavy atom. The predicted octanol–water partition coefficient (Wildman–Crippen LogP) is 2.00. The maximum Gasteiger partial charge on any atom is 0.347 e. The maximum atomic E-state index is 12.6. The van der Waals surface area contributed by atoms with E-state index in [1.165, 1.54) is 17.9 Å². The molecule has 2 N–H and O–H groups in total. The van der Waals surface area contributed by atoms with Crippen LogP contribution in [0, 0.1) is 17.8 Å². The number of nitrogens with one attached hydrogen (secondary N) is 2. The van der Waals surface area contributed by atoms with Gasteiger partial charge in [-0.3, -0.25) is 9.36 Å². The summed E-state index contributed by atoms with van der Waals surface area (Å²) in [5.41, 5.74) is 1.16. The van der Waals surface area contributed by atoms with Gasteiger partial charge in [-0.25, -0.2) is 14.6 Å². The molecule has 4 rings (SSSR count). The first-order valence-electron chi connectivity index (χ1n) is 9.81. The molecule has 1 aromatic heterocycles. The van der Waals surface area contributed by atoms with Crippen molar-refractivity contribution >= 4 is 17.7 Å². The van der Waals surface area contributed by atoms with Crippen LogP contribution in [0.3, 0.4) is 0 Å². The summed E-state index contributed by atoms with van der Waals surface area (Å²) in [7, 11) is 1.39. The molecule has 2 amide bonds. The van der Waals surface area contributed by atoms with Crippen molar-refractivity contribution in [2.45, 2.75) is 31.8 Å². The molecule has 0 radical (unpaired) electrons. The van der Waals surface area contributed by atoms with E-state index in [-0.39, 0.29) is 29.6 Å². The summed E-state index contributed by atoms with van der Waals surface area (Å²) in [6.07, 6.45) is 6.13. The van der Waals surface area contributed by atoms with Gasteiger partial charge in [-0.05, 0) is 54.9 Å². The molecule has 0 spiro atoms. The molecule has 2 aliphatic carbocycles. The van der Waals surface area contributed by atoms with E-state index in [0.717, 1.165) is 24.8 Å². The fourth-order valence-electron chi connectivity index (χ4n) is 4.74. The van der Waals surface area contributed by atoms with Gasteiger partial charge in [0.2, 0.25) is 0 Å². The summed E-state index contributed by atoms with van der Waals surface area (Å²) in [6, 6.07) is 8.47. The zero-order valence-electron chi connectivity index (χ0n) is 16.2. The van der Waals surface area contributed by atoms with Crippen LogP contribution in [0.5, 0.6) is 0 Å². The first-order valence-corrected chi connectivity index (χ1v) is 9.81. The standard InChI is InChI=1S/C21H24N4O4/c1-29-19(26)17-14-6-7-15(11-14)18(17)24-20(27)23-16-5-2-4-13(10-16)12-25-9-3-8-22-21(25)28/h2-5,8-10,14-15,17-18H,6-7,11-12H2,1H3,(H2,23,24,27)/t14-,15-,17+,18-/m0/s1. The van der Waals surface area contributed by atoms with Gasteiger partial charge in [-0.2, -0.15) is 0 Å². The van der Waals surface area contributed by atoms with Gasteiger partial charge in [-0.1, -0.05) is 12.1 Å². The van der Waals surface area contributed by atoms with Crippen LogP contribution in [-0.4, -0.2) is 34.7 Å². The number of carbonyl (C=O) groups excluding carboxylic acids is 2. The zero-order chi connectivity index (χ0) is 20.4. The van der Waals surface area contributed by atoms with Crippen molar-refractivity contribution in [3.63, 3.8) is 0 Å². The molecule has 2 saturated carbocycles. The first-order chi connectivity index (χ1) is 14.0. The minimum Gasteiger partial charge on any atom is -0.469 e. The normalized spacial score (nSPS) is 24.9. The monoisotopic (exact) mass is 396 g/mol. The van der Waals surface area contributed by atoms with E-state index >= 15 is 0 Å². The number of rotatable bonds is 5. The number of amides is 2. The number of aromatic nitrogens is 2. The number of carbonyl (C=O) groups is 2. The number of hydrogen-bond acceptors (Lipinski definition) is 5. The third kappa shape index (κ3) is 4.01. The largest absolute Gasteiger partial charge is 0.469 e. The van der Waals surface area contributed by atoms with Crippen molar-refractivity contribution in [2.75, 3.05) is 12.4 Å². The third-order valence-electron chi connectivity index (χ3n) is 6.01. The number of methoxy groups -OCH3 is 1. The lowest BCUT2D eigenvalue weighted by molar-refractivity contribution is -0.148. The molecule has 29 heavy (non-hydrogen) atoms. The predicted molar refractivity (Wildman–Crippen MR) is 106 cm³/mol. The topological polar surface area (TPSA) is 102 Å². The highest BCUT2D eigenvalue weighted by molar-refractivity contribution is 5.90. The molecule has 1 heterocycles. The molecular weight excluding hydrogens is 372 g/mol. The molecule has 8 nitrogen and oxygen atoms in total. The van der Waals surface area contributed by atoms with Crippen LogP contribution >= 0.6 is 0 Å². The fraction of sp³-hybridized carbons (Fsp3) is 0.429. The van der Waals surface area contributed by atoms with Crippen LogP contribution in [0.4, 0.5) is 10.5 Å². The number of benzene rings is 1. The number of fused-ring (bicyclic) bond motifs is 2. The van der Waals surface area contributed by atoms with Gasteiger partial charge >= 0.3 is 17.7 Å². The van der Waals surface area contributed by atoms with Crippen molar-refractivity contribution in [1.82, 2.24) is 14.9 Å². The molecule has 8 heteroatoms. The molecule has 152 valence electrons. The van der Waals surface area contributed by atoms with E-state index in [9.17, 15) is 14.4 Å². The Kier molecular flexibility index (Phi) is 5.33. The number of esters is 1. The average molecular weight is 396 g/mol. The van der Waals surface area contributed by atoms with Gasteiger partial charge in [0.25, 0.3) is 0 Å². The molecule has 2 aromatic rings. The van der Waals surface area contributed by atoms with Crippen LogP contribution < -0.4 is 16.3 Å². The van der Waals surface area contributed by atoms with Gasteiger partial charge in [0.15, 0.2) is 0 Å². The number of ether oxygens (including phenoxy) is 1. The van der Waals surface area contributed by atoms with Crippen molar-refractivity contribution in [3.05, 3.63) is 58.8 Å². The summed E-state index contributed by atoms with van der Waals surface area (Å²) in [5.74, 6) is 0.0946. The van der Waals surface area contributed by atoms with Gasteiger partial charge in [0.05, 0.1) is 19.6 Å². The summed E-state index contributed by atoms with van der Waals surface area (Å²) in [6.45, 7) is 0.362. The fourth-order valence-corrected chi connectivity index (χ4v) is 4.74. The number of anilines is 1. The van der Waals surface area contributed by atoms with Gasteiger partial charge in [-0.15, -0.1) is 0 Å². The van der Waals surface area contributed by atoms with Crippen LogP contribution in [0.15, 0.2) is 47.5 Å². The second-order valence-electron chi connectivity index (χ2n) is 7.74. The number of hydrogen-bond donors (Lipinski definition) is 2. The Hall–Kier alpha value is -3.16. The quantitative estimate of drug-likeness (QED) is 0.753. The Morgan fingerprint density at radius 2 is 2.07 bits per heavy atom. The SMILES string of the molecule is COC(=O)[C@@H]1[C@H]2CC[C@@H](C2)[C@@H]1NC(=O)Nc1cccc(Cn2cccnc2=O)c1. The van der Waals surface area contributed by atoms with Crippen molar-refractivity contribution in [3.8, 4) is 0 Å². The Bertz CT molecular complexity index is 973. The molecule has 2 fully saturated rings. The maximum absolute atomic E-state index is 12.6. The van der Waals surface area contributed by atoms with E-state index in [1.807, 2.05) is 18.2 Å². The van der Waals surface area contributed by atoms with Crippen molar-refractivity contribution in [2.24, 2.45) is 17.8 Å². The Labute approximate surface area is 168 Å². The summed E-state index contributed by atoms with van der Waals surface area (Å²) < 4.78 is 6.45. The summed E-state index contributed by atoms with van der Waals surface area (Å²) in [4.78, 5) is 40.3. The van der Waals surface area contributed by atoms with E-state index < -0.39 is 0 Å². The second-order valence-corrected chi connectivity index (χ2v) is 7.74. The van der Waals surface area contributed by atoms with Gasteiger partial charge in [0, 0.05) is 24.1 Å². The highest BCUT2D eigenvalue weighted by Gasteiger charge is 2.52. The van der Waals surface area contributed by atoms with E-state index in [4.69, 9.17) is 4.74 Å². The summed E-state index contributed by atoms with van der Waals surface area (Å²) >= 11 is 0. The van der Waals surface area contributed by atoms with Crippen molar-refractivity contribution in [1.29, 1.82) is 0 Å². The van der Waals surface area contributed by atoms with Gasteiger partial charge < -0.3 is 15.4 Å². The van der Waals surface area contributed by atoms with Gasteiger partial charge in [0.1, 0.15) is 0 Å². The smallest absolute Gasteiger partial charge is 0.347 e. The number of urea groups is 1. The lowest BCUT2D eigenvalue weighted by Gasteiger charge is -2.29. The lowest BCUT2D eigenvalue weighted by atomic mass is 9.84. The third-order valence-corrected chi connectivity index (χ3v) is 6.01. The second kappa shape index (κ2) is 8.06. The molecule has 2 aliphatic rings. The van der Waals surface area contributed by atoms with Crippen LogP contribution in [-0.2, 0) is 16.1 Å². The number of nitrogens with zero attached hydrogens (tertiary/aromatic N) is 2. The van der Waals surface area contributed by atoms with Crippen LogP contribution in [0.2, 0.25) is 0 Å². The molecule has 0 aliphatic heterocycles. The highest BCUT2D eigenvalue weighted by atomic mass is 16.5. The minimum absolute atomic E-state index is 0.196. The summed E-state index contributed by atoms with van der Waals surface area (Å²) in [5, 5.41) is 5.83.